The standard InChI is InChI=1S/C17H22ClN5O/c1-12(17(24)21-16-6-5-14(18)10-19-16)23-9-3-4-13(11-23)15-7-8-20-22(15)2/h5-8,10,12-13H,3-4,9,11H2,1-2H3,(H,19,21,24)/t12-,13-/m1/s1. The molecule has 1 aliphatic heterocycles. The van der Waals surface area contributed by atoms with E-state index in [0.717, 1.165) is 25.9 Å². The molecule has 0 bridgehead atoms. The first-order valence-corrected chi connectivity index (χ1v) is 8.57. The van der Waals surface area contributed by atoms with E-state index < -0.39 is 0 Å². The monoisotopic (exact) mass is 347 g/mol. The quantitative estimate of drug-likeness (QED) is 0.923. The van der Waals surface area contributed by atoms with Gasteiger partial charge < -0.3 is 5.32 Å². The largest absolute Gasteiger partial charge is 0.309 e. The van der Waals surface area contributed by atoms with Crippen LogP contribution in [-0.2, 0) is 11.8 Å². The average Bonchev–Trinajstić information content (AvgIpc) is 3.02. The van der Waals surface area contributed by atoms with E-state index in [9.17, 15) is 4.79 Å². The summed E-state index contributed by atoms with van der Waals surface area (Å²) in [6.45, 7) is 3.73. The Balaban J connectivity index is 1.63. The van der Waals surface area contributed by atoms with E-state index in [1.807, 2.05) is 24.9 Å². The molecule has 0 unspecified atom stereocenters. The molecule has 24 heavy (non-hydrogen) atoms. The molecule has 7 heteroatoms. The van der Waals surface area contributed by atoms with Crippen molar-refractivity contribution < 1.29 is 4.79 Å². The number of piperidine rings is 1. The van der Waals surface area contributed by atoms with Gasteiger partial charge in [-0.15, -0.1) is 0 Å². The smallest absolute Gasteiger partial charge is 0.242 e. The van der Waals surface area contributed by atoms with Gasteiger partial charge in [0.1, 0.15) is 5.82 Å². The summed E-state index contributed by atoms with van der Waals surface area (Å²) in [6, 6.07) is 5.28. The lowest BCUT2D eigenvalue weighted by Gasteiger charge is -2.36. The number of carbonyl (C=O) groups is 1. The van der Waals surface area contributed by atoms with Crippen LogP contribution < -0.4 is 5.32 Å². The van der Waals surface area contributed by atoms with Crippen LogP contribution in [0.15, 0.2) is 30.6 Å². The lowest BCUT2D eigenvalue weighted by Crippen LogP contribution is -2.46. The Kier molecular flexibility index (Phi) is 5.16. The van der Waals surface area contributed by atoms with Crippen LogP contribution in [0.5, 0.6) is 0 Å². The van der Waals surface area contributed by atoms with E-state index >= 15 is 0 Å². The molecule has 0 saturated carbocycles. The van der Waals surface area contributed by atoms with Gasteiger partial charge in [0.15, 0.2) is 0 Å². The van der Waals surface area contributed by atoms with E-state index in [4.69, 9.17) is 11.6 Å². The summed E-state index contributed by atoms with van der Waals surface area (Å²) in [5, 5.41) is 7.67. The van der Waals surface area contributed by atoms with Crippen molar-refractivity contribution in [2.24, 2.45) is 7.05 Å². The van der Waals surface area contributed by atoms with Gasteiger partial charge in [-0.25, -0.2) is 4.98 Å². The number of anilines is 1. The second-order valence-corrected chi connectivity index (χ2v) is 6.68. The minimum Gasteiger partial charge on any atom is -0.309 e. The molecule has 0 radical (unpaired) electrons. The van der Waals surface area contributed by atoms with Gasteiger partial charge in [0.2, 0.25) is 5.91 Å². The van der Waals surface area contributed by atoms with Crippen LogP contribution >= 0.6 is 11.6 Å². The molecule has 1 aliphatic rings. The van der Waals surface area contributed by atoms with Crippen molar-refractivity contribution >= 4 is 23.3 Å². The Morgan fingerprint density at radius 2 is 2.25 bits per heavy atom. The second-order valence-electron chi connectivity index (χ2n) is 6.24. The molecule has 2 aromatic rings. The number of carbonyl (C=O) groups excluding carboxylic acids is 1. The van der Waals surface area contributed by atoms with Crippen LogP contribution in [0.4, 0.5) is 5.82 Å². The van der Waals surface area contributed by atoms with Crippen molar-refractivity contribution in [3.8, 4) is 0 Å². The van der Waals surface area contributed by atoms with E-state index in [-0.39, 0.29) is 11.9 Å². The number of nitrogens with zero attached hydrogens (tertiary/aromatic N) is 4. The van der Waals surface area contributed by atoms with Gasteiger partial charge in [-0.1, -0.05) is 11.6 Å². The zero-order valence-corrected chi connectivity index (χ0v) is 14.7. The molecule has 1 N–H and O–H groups in total. The summed E-state index contributed by atoms with van der Waals surface area (Å²) in [6.07, 6.45) is 5.56. The topological polar surface area (TPSA) is 63.1 Å². The predicted octanol–water partition coefficient (Wildman–Crippen LogP) is 2.68. The van der Waals surface area contributed by atoms with Crippen LogP contribution in [-0.4, -0.2) is 44.7 Å². The highest BCUT2D eigenvalue weighted by Crippen LogP contribution is 2.27. The number of hydrogen-bond donors (Lipinski definition) is 1. The van der Waals surface area contributed by atoms with Crippen molar-refractivity contribution in [2.75, 3.05) is 18.4 Å². The molecular formula is C17H22ClN5O. The third kappa shape index (κ3) is 3.76. The normalized spacial score (nSPS) is 19.9. The lowest BCUT2D eigenvalue weighted by molar-refractivity contribution is -0.121. The van der Waals surface area contributed by atoms with Gasteiger partial charge in [0.05, 0.1) is 11.1 Å². The SMILES string of the molecule is C[C@H](C(=O)Nc1ccc(Cl)cn1)N1CCC[C@@H](c2ccnn2C)C1. The molecule has 128 valence electrons. The number of aryl methyl sites for hydroxylation is 1. The molecule has 2 aromatic heterocycles. The number of likely N-dealkylation sites (tertiary alicyclic amines) is 1. The fraction of sp³-hybridized carbons (Fsp3) is 0.471. The van der Waals surface area contributed by atoms with E-state index in [0.29, 0.717) is 16.8 Å². The molecule has 0 spiro atoms. The fourth-order valence-electron chi connectivity index (χ4n) is 3.23. The Morgan fingerprint density at radius 1 is 1.42 bits per heavy atom. The maximum Gasteiger partial charge on any atom is 0.242 e. The van der Waals surface area contributed by atoms with Crippen LogP contribution in [0.2, 0.25) is 5.02 Å². The van der Waals surface area contributed by atoms with E-state index in [1.54, 1.807) is 12.1 Å². The first kappa shape index (κ1) is 16.9. The van der Waals surface area contributed by atoms with E-state index in [2.05, 4.69) is 26.4 Å². The van der Waals surface area contributed by atoms with Gasteiger partial charge in [0, 0.05) is 37.6 Å². The highest BCUT2D eigenvalue weighted by molar-refractivity contribution is 6.30. The van der Waals surface area contributed by atoms with Crippen molar-refractivity contribution in [2.45, 2.75) is 31.7 Å². The fourth-order valence-corrected chi connectivity index (χ4v) is 3.34. The molecule has 0 aliphatic carbocycles. The molecule has 3 rings (SSSR count). The summed E-state index contributed by atoms with van der Waals surface area (Å²) in [5.41, 5.74) is 1.23. The van der Waals surface area contributed by atoms with Crippen LogP contribution in [0.25, 0.3) is 0 Å². The third-order valence-corrected chi connectivity index (χ3v) is 4.86. The molecular weight excluding hydrogens is 326 g/mol. The van der Waals surface area contributed by atoms with Crippen LogP contribution in [0.3, 0.4) is 0 Å². The lowest BCUT2D eigenvalue weighted by atomic mass is 9.93. The number of nitrogens with one attached hydrogen (secondary N) is 1. The number of halogens is 1. The molecule has 3 heterocycles. The summed E-state index contributed by atoms with van der Waals surface area (Å²) in [7, 11) is 1.97. The van der Waals surface area contributed by atoms with Crippen molar-refractivity contribution in [1.29, 1.82) is 0 Å². The summed E-state index contributed by atoms with van der Waals surface area (Å²) in [5.74, 6) is 0.891. The van der Waals surface area contributed by atoms with Gasteiger partial charge in [-0.3, -0.25) is 14.4 Å². The molecule has 0 aromatic carbocycles. The molecule has 1 fully saturated rings. The van der Waals surface area contributed by atoms with Gasteiger partial charge in [0.25, 0.3) is 0 Å². The van der Waals surface area contributed by atoms with Gasteiger partial charge in [-0.2, -0.15) is 5.10 Å². The first-order valence-electron chi connectivity index (χ1n) is 8.19. The zero-order chi connectivity index (χ0) is 17.1. The Bertz CT molecular complexity index is 699. The van der Waals surface area contributed by atoms with Gasteiger partial charge >= 0.3 is 0 Å². The van der Waals surface area contributed by atoms with Crippen molar-refractivity contribution in [3.05, 3.63) is 41.3 Å². The highest BCUT2D eigenvalue weighted by atomic mass is 35.5. The summed E-state index contributed by atoms with van der Waals surface area (Å²) >= 11 is 5.82. The molecule has 6 nitrogen and oxygen atoms in total. The Hall–Kier alpha value is -1.92. The molecule has 2 atom stereocenters. The Labute approximate surface area is 146 Å². The maximum absolute atomic E-state index is 12.5. The number of rotatable bonds is 4. The summed E-state index contributed by atoms with van der Waals surface area (Å²) in [4.78, 5) is 18.9. The maximum atomic E-state index is 12.5. The third-order valence-electron chi connectivity index (χ3n) is 4.64. The molecule has 1 amide bonds. The number of aromatic nitrogens is 3. The minimum atomic E-state index is -0.210. The first-order chi connectivity index (χ1) is 11.5. The van der Waals surface area contributed by atoms with E-state index in [1.165, 1.54) is 11.9 Å². The minimum absolute atomic E-state index is 0.0459. The number of amides is 1. The summed E-state index contributed by atoms with van der Waals surface area (Å²) < 4.78 is 1.93. The average molecular weight is 348 g/mol. The van der Waals surface area contributed by atoms with Gasteiger partial charge in [-0.05, 0) is 44.5 Å². The van der Waals surface area contributed by atoms with Crippen LogP contribution in [0.1, 0.15) is 31.4 Å². The van der Waals surface area contributed by atoms with Crippen LogP contribution in [0, 0.1) is 0 Å². The van der Waals surface area contributed by atoms with Crippen molar-refractivity contribution in [1.82, 2.24) is 19.7 Å². The zero-order valence-electron chi connectivity index (χ0n) is 13.9. The highest BCUT2D eigenvalue weighted by Gasteiger charge is 2.29. The Morgan fingerprint density at radius 3 is 2.92 bits per heavy atom. The number of pyridine rings is 1. The predicted molar refractivity (Wildman–Crippen MR) is 94.1 cm³/mol. The molecule has 1 saturated heterocycles. The number of hydrogen-bond acceptors (Lipinski definition) is 4. The second kappa shape index (κ2) is 7.32. The van der Waals surface area contributed by atoms with Crippen molar-refractivity contribution in [3.63, 3.8) is 0 Å².